The largest absolute Gasteiger partial charge is 0.339 e. The van der Waals surface area contributed by atoms with E-state index in [4.69, 9.17) is 16.1 Å². The Kier molecular flexibility index (Phi) is 2.05. The van der Waals surface area contributed by atoms with Gasteiger partial charge in [-0.15, -0.1) is 11.6 Å². The summed E-state index contributed by atoms with van der Waals surface area (Å²) < 4.78 is 5.07. The maximum Gasteiger partial charge on any atom is 0.229 e. The van der Waals surface area contributed by atoms with Gasteiger partial charge in [0, 0.05) is 5.92 Å². The Morgan fingerprint density at radius 1 is 1.67 bits per heavy atom. The number of halogens is 1. The van der Waals surface area contributed by atoms with Crippen molar-refractivity contribution in [2.24, 2.45) is 0 Å². The molecule has 1 unspecified atom stereocenters. The molecule has 1 aliphatic rings. The van der Waals surface area contributed by atoms with Crippen LogP contribution in [0.3, 0.4) is 0 Å². The summed E-state index contributed by atoms with van der Waals surface area (Å²) in [6, 6.07) is 0. The van der Waals surface area contributed by atoms with Gasteiger partial charge in [0.15, 0.2) is 5.82 Å². The molecular formula is C8H11ClN2O. The van der Waals surface area contributed by atoms with Crippen molar-refractivity contribution in [1.82, 2.24) is 10.1 Å². The zero-order chi connectivity index (χ0) is 8.55. The molecule has 1 aromatic heterocycles. The zero-order valence-corrected chi connectivity index (χ0v) is 7.71. The Balaban J connectivity index is 2.12. The van der Waals surface area contributed by atoms with Crippen LogP contribution in [-0.4, -0.2) is 10.1 Å². The molecule has 3 nitrogen and oxygen atoms in total. The van der Waals surface area contributed by atoms with Crippen LogP contribution in [0.5, 0.6) is 0 Å². The molecule has 0 saturated heterocycles. The van der Waals surface area contributed by atoms with Crippen LogP contribution in [0.1, 0.15) is 49.2 Å². The average Bonchev–Trinajstić information content (AvgIpc) is 2.83. The Morgan fingerprint density at radius 3 is 3.00 bits per heavy atom. The van der Waals surface area contributed by atoms with Gasteiger partial charge in [0.05, 0.1) is 5.38 Å². The van der Waals surface area contributed by atoms with Gasteiger partial charge in [-0.05, 0) is 19.3 Å². The number of alkyl halides is 1. The minimum atomic E-state index is -0.0961. The third kappa shape index (κ3) is 1.46. The molecule has 4 heteroatoms. The molecule has 0 spiro atoms. The van der Waals surface area contributed by atoms with E-state index in [1.165, 1.54) is 12.8 Å². The number of nitrogens with zero attached hydrogens (tertiary/aromatic N) is 2. The van der Waals surface area contributed by atoms with Gasteiger partial charge in [0.2, 0.25) is 5.89 Å². The lowest BCUT2D eigenvalue weighted by atomic mass is 10.3. The van der Waals surface area contributed by atoms with E-state index < -0.39 is 0 Å². The Labute approximate surface area is 76.1 Å². The normalized spacial score (nSPS) is 19.5. The first-order valence-corrected chi connectivity index (χ1v) is 4.72. The second-order valence-electron chi connectivity index (χ2n) is 3.14. The molecule has 0 N–H and O–H groups in total. The maximum atomic E-state index is 5.94. The van der Waals surface area contributed by atoms with Crippen LogP contribution in [0.2, 0.25) is 0 Å². The Hall–Kier alpha value is -0.570. The molecule has 0 aliphatic heterocycles. The lowest BCUT2D eigenvalue weighted by molar-refractivity contribution is 0.373. The van der Waals surface area contributed by atoms with Gasteiger partial charge in [0.25, 0.3) is 0 Å². The number of hydrogen-bond acceptors (Lipinski definition) is 3. The van der Waals surface area contributed by atoms with E-state index in [1.807, 2.05) is 6.92 Å². The second-order valence-corrected chi connectivity index (χ2v) is 3.67. The highest BCUT2D eigenvalue weighted by molar-refractivity contribution is 6.20. The third-order valence-corrected chi connectivity index (χ3v) is 2.53. The van der Waals surface area contributed by atoms with Crippen molar-refractivity contribution in [1.29, 1.82) is 0 Å². The molecule has 66 valence electrons. The van der Waals surface area contributed by atoms with E-state index in [9.17, 15) is 0 Å². The molecule has 0 radical (unpaired) electrons. The fourth-order valence-corrected chi connectivity index (χ4v) is 1.14. The molecule has 0 amide bonds. The fourth-order valence-electron chi connectivity index (χ4n) is 1.05. The molecule has 1 fully saturated rings. The highest BCUT2D eigenvalue weighted by Crippen LogP contribution is 2.39. The fraction of sp³-hybridized carbons (Fsp3) is 0.750. The maximum absolute atomic E-state index is 5.94. The molecule has 2 rings (SSSR count). The minimum absolute atomic E-state index is 0.0961. The minimum Gasteiger partial charge on any atom is -0.339 e. The van der Waals surface area contributed by atoms with E-state index in [0.29, 0.717) is 11.7 Å². The first-order chi connectivity index (χ1) is 5.81. The summed E-state index contributed by atoms with van der Waals surface area (Å²) in [5.41, 5.74) is 0. The summed E-state index contributed by atoms with van der Waals surface area (Å²) in [5.74, 6) is 1.93. The topological polar surface area (TPSA) is 38.9 Å². The molecule has 1 heterocycles. The van der Waals surface area contributed by atoms with Crippen LogP contribution in [0.25, 0.3) is 0 Å². The molecule has 1 saturated carbocycles. The van der Waals surface area contributed by atoms with Crippen molar-refractivity contribution < 1.29 is 4.52 Å². The highest BCUT2D eigenvalue weighted by atomic mass is 35.5. The average molecular weight is 187 g/mol. The first kappa shape index (κ1) is 8.05. The second kappa shape index (κ2) is 3.05. The van der Waals surface area contributed by atoms with E-state index >= 15 is 0 Å². The zero-order valence-electron chi connectivity index (χ0n) is 6.96. The number of aromatic nitrogens is 2. The number of hydrogen-bond donors (Lipinski definition) is 0. The van der Waals surface area contributed by atoms with Gasteiger partial charge in [-0.25, -0.2) is 0 Å². The lowest BCUT2D eigenvalue weighted by Crippen LogP contribution is -1.91. The van der Waals surface area contributed by atoms with E-state index in [0.717, 1.165) is 12.3 Å². The van der Waals surface area contributed by atoms with Gasteiger partial charge in [-0.3, -0.25) is 0 Å². The standard InChI is InChI=1S/C8H11ClN2O/c1-2-6(9)7-10-8(12-11-7)5-3-4-5/h5-6H,2-4H2,1H3. The van der Waals surface area contributed by atoms with Crippen LogP contribution >= 0.6 is 11.6 Å². The van der Waals surface area contributed by atoms with Crippen LogP contribution < -0.4 is 0 Å². The van der Waals surface area contributed by atoms with Crippen molar-refractivity contribution in [3.8, 4) is 0 Å². The molecule has 1 atom stereocenters. The van der Waals surface area contributed by atoms with Crippen LogP contribution in [0.15, 0.2) is 4.52 Å². The molecule has 12 heavy (non-hydrogen) atoms. The van der Waals surface area contributed by atoms with Gasteiger partial charge >= 0.3 is 0 Å². The SMILES string of the molecule is CCC(Cl)c1noc(C2CC2)n1. The lowest BCUT2D eigenvalue weighted by Gasteiger charge is -1.95. The summed E-state index contributed by atoms with van der Waals surface area (Å²) in [5, 5.41) is 3.73. The Morgan fingerprint density at radius 2 is 2.42 bits per heavy atom. The monoisotopic (exact) mass is 186 g/mol. The third-order valence-electron chi connectivity index (χ3n) is 2.02. The summed E-state index contributed by atoms with van der Waals surface area (Å²) in [7, 11) is 0. The van der Waals surface area contributed by atoms with Gasteiger partial charge < -0.3 is 4.52 Å². The quantitative estimate of drug-likeness (QED) is 0.682. The predicted octanol–water partition coefficient (Wildman–Crippen LogP) is 2.64. The van der Waals surface area contributed by atoms with Crippen molar-refractivity contribution in [2.75, 3.05) is 0 Å². The van der Waals surface area contributed by atoms with Gasteiger partial charge in [0.1, 0.15) is 0 Å². The highest BCUT2D eigenvalue weighted by Gasteiger charge is 2.30. The molecule has 1 aliphatic carbocycles. The van der Waals surface area contributed by atoms with Crippen LogP contribution in [-0.2, 0) is 0 Å². The van der Waals surface area contributed by atoms with E-state index in [-0.39, 0.29) is 5.38 Å². The first-order valence-electron chi connectivity index (χ1n) is 4.28. The van der Waals surface area contributed by atoms with Crippen molar-refractivity contribution >= 4 is 11.6 Å². The van der Waals surface area contributed by atoms with Crippen LogP contribution in [0, 0.1) is 0 Å². The number of rotatable bonds is 3. The summed E-state index contributed by atoms with van der Waals surface area (Å²) in [4.78, 5) is 4.23. The van der Waals surface area contributed by atoms with Gasteiger partial charge in [-0.1, -0.05) is 12.1 Å². The molecule has 0 aromatic carbocycles. The molecule has 0 bridgehead atoms. The smallest absolute Gasteiger partial charge is 0.229 e. The van der Waals surface area contributed by atoms with Crippen LogP contribution in [0.4, 0.5) is 0 Å². The van der Waals surface area contributed by atoms with Gasteiger partial charge in [-0.2, -0.15) is 4.98 Å². The van der Waals surface area contributed by atoms with E-state index in [1.54, 1.807) is 0 Å². The van der Waals surface area contributed by atoms with Crippen molar-refractivity contribution in [2.45, 2.75) is 37.5 Å². The molecule has 1 aromatic rings. The van der Waals surface area contributed by atoms with Crippen molar-refractivity contribution in [3.63, 3.8) is 0 Å². The Bertz CT molecular complexity index is 270. The summed E-state index contributed by atoms with van der Waals surface area (Å²) in [6.07, 6.45) is 3.20. The predicted molar refractivity (Wildman–Crippen MR) is 45.2 cm³/mol. The van der Waals surface area contributed by atoms with Crippen molar-refractivity contribution in [3.05, 3.63) is 11.7 Å². The summed E-state index contributed by atoms with van der Waals surface area (Å²) >= 11 is 5.94. The summed E-state index contributed by atoms with van der Waals surface area (Å²) in [6.45, 7) is 2.00. The molecular weight excluding hydrogens is 176 g/mol. The van der Waals surface area contributed by atoms with E-state index in [2.05, 4.69) is 10.1 Å².